The first kappa shape index (κ1) is 22.2. The highest BCUT2D eigenvalue weighted by Crippen LogP contribution is 2.27. The van der Waals surface area contributed by atoms with Gasteiger partial charge in [0.05, 0.1) is 11.5 Å². The van der Waals surface area contributed by atoms with Crippen molar-refractivity contribution in [3.63, 3.8) is 0 Å². The topological polar surface area (TPSA) is 123 Å². The van der Waals surface area contributed by atoms with Crippen LogP contribution in [0.2, 0.25) is 0 Å². The number of amides is 2. The van der Waals surface area contributed by atoms with Crippen LogP contribution in [0.4, 0.5) is 11.5 Å². The lowest BCUT2D eigenvalue weighted by molar-refractivity contribution is -0.384. The number of ether oxygens (including phenoxy) is 1. The van der Waals surface area contributed by atoms with Crippen LogP contribution in [0.25, 0.3) is 0 Å². The van der Waals surface area contributed by atoms with Crippen molar-refractivity contribution in [1.29, 1.82) is 0 Å². The molecule has 9 heteroatoms. The molecule has 1 aliphatic rings. The third kappa shape index (κ3) is 6.24. The van der Waals surface area contributed by atoms with Gasteiger partial charge in [-0.2, -0.15) is 0 Å². The molecule has 0 radical (unpaired) electrons. The molecular weight excluding hydrogens is 400 g/mol. The lowest BCUT2D eigenvalue weighted by Crippen LogP contribution is -2.41. The summed E-state index contributed by atoms with van der Waals surface area (Å²) in [6, 6.07) is 7.92. The molecule has 1 saturated carbocycles. The summed E-state index contributed by atoms with van der Waals surface area (Å²) in [4.78, 5) is 39.5. The Morgan fingerprint density at radius 3 is 2.74 bits per heavy atom. The van der Waals surface area contributed by atoms with Gasteiger partial charge in [0.15, 0.2) is 11.6 Å². The molecule has 3 rings (SSSR count). The Morgan fingerprint density at radius 2 is 2.00 bits per heavy atom. The molecule has 0 spiro atoms. The number of hydrogen-bond acceptors (Lipinski definition) is 6. The van der Waals surface area contributed by atoms with Gasteiger partial charge in [0.2, 0.25) is 5.91 Å². The Labute approximate surface area is 180 Å². The summed E-state index contributed by atoms with van der Waals surface area (Å²) in [5.74, 6) is 0.227. The summed E-state index contributed by atoms with van der Waals surface area (Å²) in [7, 11) is 0. The van der Waals surface area contributed by atoms with Crippen molar-refractivity contribution in [3.8, 4) is 5.75 Å². The van der Waals surface area contributed by atoms with Crippen LogP contribution in [0.1, 0.15) is 49.4 Å². The van der Waals surface area contributed by atoms with Crippen LogP contribution in [-0.4, -0.2) is 34.4 Å². The molecule has 1 unspecified atom stereocenters. The third-order valence-electron chi connectivity index (χ3n) is 5.27. The number of nitrogens with one attached hydrogen (secondary N) is 2. The molecule has 1 heterocycles. The zero-order valence-electron chi connectivity index (χ0n) is 17.4. The summed E-state index contributed by atoms with van der Waals surface area (Å²) in [5.41, 5.74) is -0.0961. The second-order valence-corrected chi connectivity index (χ2v) is 7.66. The number of nitro groups is 1. The largest absolute Gasteiger partial charge is 0.489 e. The van der Waals surface area contributed by atoms with Crippen LogP contribution in [-0.2, 0) is 4.79 Å². The van der Waals surface area contributed by atoms with Gasteiger partial charge in [0.1, 0.15) is 6.04 Å². The number of nitrogens with zero attached hydrogens (tertiary/aromatic N) is 2. The Morgan fingerprint density at radius 1 is 1.23 bits per heavy atom. The monoisotopic (exact) mass is 426 g/mol. The fourth-order valence-corrected chi connectivity index (χ4v) is 3.49. The van der Waals surface area contributed by atoms with Crippen molar-refractivity contribution in [1.82, 2.24) is 10.3 Å². The van der Waals surface area contributed by atoms with Gasteiger partial charge in [-0.1, -0.05) is 25.3 Å². The van der Waals surface area contributed by atoms with Crippen molar-refractivity contribution in [2.75, 3.05) is 11.9 Å². The Hall–Kier alpha value is -3.49. The molecule has 164 valence electrons. The first-order valence-corrected chi connectivity index (χ1v) is 10.4. The molecule has 31 heavy (non-hydrogen) atoms. The predicted octanol–water partition coefficient (Wildman–Crippen LogP) is 3.71. The van der Waals surface area contributed by atoms with Gasteiger partial charge in [-0.25, -0.2) is 4.98 Å². The molecule has 1 aromatic heterocycles. The number of rotatable bonds is 8. The molecule has 1 aromatic carbocycles. The predicted molar refractivity (Wildman–Crippen MR) is 115 cm³/mol. The molecule has 9 nitrogen and oxygen atoms in total. The zero-order chi connectivity index (χ0) is 22.2. The molecular formula is C22H26N4O5. The number of non-ortho nitro benzene ring substituents is 1. The second-order valence-electron chi connectivity index (χ2n) is 7.66. The van der Waals surface area contributed by atoms with E-state index in [2.05, 4.69) is 15.6 Å². The number of nitro benzene ring substituents is 1. The van der Waals surface area contributed by atoms with Crippen molar-refractivity contribution in [3.05, 3.63) is 58.3 Å². The molecule has 1 atom stereocenters. The molecule has 2 N–H and O–H groups in total. The van der Waals surface area contributed by atoms with Gasteiger partial charge in [-0.3, -0.25) is 19.7 Å². The van der Waals surface area contributed by atoms with E-state index in [4.69, 9.17) is 4.74 Å². The van der Waals surface area contributed by atoms with E-state index < -0.39 is 22.8 Å². The smallest absolute Gasteiger partial charge is 0.270 e. The minimum atomic E-state index is -0.889. The molecule has 2 amide bonds. The van der Waals surface area contributed by atoms with E-state index in [0.717, 1.165) is 18.9 Å². The van der Waals surface area contributed by atoms with Crippen molar-refractivity contribution < 1.29 is 19.2 Å². The molecule has 0 saturated heterocycles. The average molecular weight is 426 g/mol. The number of carbonyl (C=O) groups is 2. The van der Waals surface area contributed by atoms with E-state index in [1.807, 2.05) is 0 Å². The van der Waals surface area contributed by atoms with E-state index in [1.54, 1.807) is 18.3 Å². The normalized spacial score (nSPS) is 15.0. The fraction of sp³-hybridized carbons (Fsp3) is 0.409. The van der Waals surface area contributed by atoms with Gasteiger partial charge < -0.3 is 15.4 Å². The Kier molecular flexibility index (Phi) is 7.53. The van der Waals surface area contributed by atoms with Gasteiger partial charge in [0, 0.05) is 23.9 Å². The average Bonchev–Trinajstić information content (AvgIpc) is 2.79. The number of pyridine rings is 1. The minimum Gasteiger partial charge on any atom is -0.489 e. The number of hydrogen-bond donors (Lipinski definition) is 2. The second kappa shape index (κ2) is 10.5. The minimum absolute atomic E-state index is 0.100. The van der Waals surface area contributed by atoms with E-state index in [9.17, 15) is 19.7 Å². The standard InChI is InChI=1S/C22H26N4O5/c1-15(24-22(28)17-9-5-10-18(13-17)26(29)30)21(27)25-20-19(11-6-12-23-20)31-14-16-7-3-2-4-8-16/h5-6,9-13,15-16H,2-4,7-8,14H2,1H3,(H,24,28)(H,23,25,27). The maximum atomic E-state index is 12.6. The quantitative estimate of drug-likeness (QED) is 0.490. The van der Waals surface area contributed by atoms with Crippen LogP contribution in [0, 0.1) is 16.0 Å². The van der Waals surface area contributed by atoms with Crippen molar-refractivity contribution in [2.24, 2.45) is 5.92 Å². The Bertz CT molecular complexity index is 943. The van der Waals surface area contributed by atoms with Gasteiger partial charge in [0.25, 0.3) is 11.6 Å². The van der Waals surface area contributed by atoms with Crippen LogP contribution in [0.15, 0.2) is 42.6 Å². The fourth-order valence-electron chi connectivity index (χ4n) is 3.49. The number of carbonyl (C=O) groups excluding carboxylic acids is 2. The van der Waals surface area contributed by atoms with Gasteiger partial charge >= 0.3 is 0 Å². The number of anilines is 1. The number of aromatic nitrogens is 1. The van der Waals surface area contributed by atoms with E-state index in [1.165, 1.54) is 44.4 Å². The summed E-state index contributed by atoms with van der Waals surface area (Å²) in [5, 5.41) is 16.1. The molecule has 0 bridgehead atoms. The van der Waals surface area contributed by atoms with Gasteiger partial charge in [-0.15, -0.1) is 0 Å². The van der Waals surface area contributed by atoms with Crippen LogP contribution >= 0.6 is 0 Å². The molecule has 2 aromatic rings. The molecule has 0 aliphatic heterocycles. The summed E-state index contributed by atoms with van der Waals surface area (Å²) in [6.45, 7) is 2.10. The SMILES string of the molecule is CC(NC(=O)c1cccc([N+](=O)[O-])c1)C(=O)Nc1ncccc1OCC1CCCCC1. The summed E-state index contributed by atoms with van der Waals surface area (Å²) in [6.07, 6.45) is 7.53. The zero-order valence-corrected chi connectivity index (χ0v) is 17.4. The molecule has 1 aliphatic carbocycles. The van der Waals surface area contributed by atoms with E-state index >= 15 is 0 Å². The highest BCUT2D eigenvalue weighted by molar-refractivity contribution is 6.01. The maximum Gasteiger partial charge on any atom is 0.270 e. The summed E-state index contributed by atoms with van der Waals surface area (Å²) < 4.78 is 5.91. The highest BCUT2D eigenvalue weighted by atomic mass is 16.6. The third-order valence-corrected chi connectivity index (χ3v) is 5.27. The van der Waals surface area contributed by atoms with Crippen LogP contribution in [0.5, 0.6) is 5.75 Å². The molecule has 1 fully saturated rings. The number of benzene rings is 1. The van der Waals surface area contributed by atoms with Gasteiger partial charge in [-0.05, 0) is 43.9 Å². The summed E-state index contributed by atoms with van der Waals surface area (Å²) >= 11 is 0. The first-order valence-electron chi connectivity index (χ1n) is 10.4. The Balaban J connectivity index is 1.58. The van der Waals surface area contributed by atoms with Crippen LogP contribution in [0.3, 0.4) is 0 Å². The van der Waals surface area contributed by atoms with Crippen molar-refractivity contribution >= 4 is 23.3 Å². The van der Waals surface area contributed by atoms with E-state index in [0.29, 0.717) is 24.1 Å². The van der Waals surface area contributed by atoms with Crippen LogP contribution < -0.4 is 15.4 Å². The lowest BCUT2D eigenvalue weighted by Gasteiger charge is -2.22. The first-order chi connectivity index (χ1) is 14.9. The highest BCUT2D eigenvalue weighted by Gasteiger charge is 2.21. The van der Waals surface area contributed by atoms with Crippen molar-refractivity contribution in [2.45, 2.75) is 45.1 Å². The van der Waals surface area contributed by atoms with E-state index in [-0.39, 0.29) is 11.3 Å². The lowest BCUT2D eigenvalue weighted by atomic mass is 9.90. The maximum absolute atomic E-state index is 12.6.